The zero-order chi connectivity index (χ0) is 23.8. The minimum Gasteiger partial charge on any atom is -0.349 e. The highest BCUT2D eigenvalue weighted by Gasteiger charge is 2.74. The Labute approximate surface area is 200 Å². The summed E-state index contributed by atoms with van der Waals surface area (Å²) >= 11 is 6.45. The van der Waals surface area contributed by atoms with Crippen LogP contribution in [0.4, 0.5) is 5.69 Å². The molecular formula is C27H18ClNO5. The molecule has 2 heterocycles. The van der Waals surface area contributed by atoms with Gasteiger partial charge in [0.25, 0.3) is 0 Å². The molecule has 3 unspecified atom stereocenters. The second-order valence-corrected chi connectivity index (χ2v) is 9.26. The number of hydrogen-bond acceptors (Lipinski definition) is 5. The molecule has 1 spiro atoms. The van der Waals surface area contributed by atoms with Gasteiger partial charge in [-0.3, -0.25) is 19.2 Å². The molecule has 6 nitrogen and oxygen atoms in total. The number of halogens is 1. The Kier molecular flexibility index (Phi) is 4.43. The molecule has 3 atom stereocenters. The van der Waals surface area contributed by atoms with Gasteiger partial charge in [0, 0.05) is 21.7 Å². The van der Waals surface area contributed by atoms with Crippen LogP contribution in [0.1, 0.15) is 37.9 Å². The fourth-order valence-corrected chi connectivity index (χ4v) is 5.77. The van der Waals surface area contributed by atoms with Crippen LogP contribution in [-0.2, 0) is 14.3 Å². The molecule has 2 amide bonds. The van der Waals surface area contributed by atoms with Crippen molar-refractivity contribution in [2.75, 3.05) is 4.90 Å². The van der Waals surface area contributed by atoms with Gasteiger partial charge in [0.15, 0.2) is 0 Å². The second-order valence-electron chi connectivity index (χ2n) is 8.85. The van der Waals surface area contributed by atoms with Crippen molar-refractivity contribution in [3.05, 3.63) is 100 Å². The molecule has 0 radical (unpaired) electrons. The molecule has 34 heavy (non-hydrogen) atoms. The van der Waals surface area contributed by atoms with Gasteiger partial charge < -0.3 is 4.74 Å². The number of ether oxygens (including phenoxy) is 1. The van der Waals surface area contributed by atoms with Crippen molar-refractivity contribution in [2.45, 2.75) is 18.6 Å². The van der Waals surface area contributed by atoms with Crippen LogP contribution in [-0.4, -0.2) is 29.0 Å². The van der Waals surface area contributed by atoms with Gasteiger partial charge in [0.05, 0.1) is 23.6 Å². The summed E-state index contributed by atoms with van der Waals surface area (Å²) in [4.78, 5) is 56.2. The van der Waals surface area contributed by atoms with Crippen LogP contribution < -0.4 is 4.90 Å². The van der Waals surface area contributed by atoms with Crippen LogP contribution in [0.25, 0.3) is 0 Å². The van der Waals surface area contributed by atoms with E-state index in [-0.39, 0.29) is 11.1 Å². The monoisotopic (exact) mass is 471 g/mol. The third-order valence-electron chi connectivity index (χ3n) is 6.99. The maximum absolute atomic E-state index is 13.9. The van der Waals surface area contributed by atoms with E-state index in [1.807, 2.05) is 13.0 Å². The van der Waals surface area contributed by atoms with E-state index in [0.29, 0.717) is 16.3 Å². The number of benzene rings is 3. The first-order valence-corrected chi connectivity index (χ1v) is 11.3. The predicted octanol–water partition coefficient (Wildman–Crippen LogP) is 4.34. The summed E-state index contributed by atoms with van der Waals surface area (Å²) in [5.74, 6) is -4.69. The number of carbonyl (C=O) groups excluding carboxylic acids is 4. The number of Topliss-reactive ketones (excluding diaryl/α,β-unsaturated/α-hetero) is 2. The smallest absolute Gasteiger partial charge is 0.241 e. The molecule has 3 aromatic carbocycles. The molecule has 2 saturated heterocycles. The fourth-order valence-electron chi connectivity index (χ4n) is 5.53. The summed E-state index contributed by atoms with van der Waals surface area (Å²) in [7, 11) is 0. The van der Waals surface area contributed by atoms with Crippen LogP contribution in [0.2, 0.25) is 5.02 Å². The first-order chi connectivity index (χ1) is 16.4. The zero-order valence-electron chi connectivity index (χ0n) is 18.0. The molecule has 6 rings (SSSR count). The standard InChI is InChI=1S/C27H18ClNO5/c1-14-7-6-8-15(13-14)29-25(32)20-21(26(29)33)27(34-22(20)18-11-4-5-12-19(18)28)23(30)16-9-2-3-10-17(16)24(27)31/h2-13,20-22H,1H3. The van der Waals surface area contributed by atoms with Crippen molar-refractivity contribution < 1.29 is 23.9 Å². The first-order valence-electron chi connectivity index (χ1n) is 10.9. The maximum atomic E-state index is 13.9. The quantitative estimate of drug-likeness (QED) is 0.410. The summed E-state index contributed by atoms with van der Waals surface area (Å²) in [6.07, 6.45) is -1.04. The minimum atomic E-state index is -2.11. The number of carbonyl (C=O) groups is 4. The van der Waals surface area contributed by atoms with Crippen LogP contribution in [0.3, 0.4) is 0 Å². The Hall–Kier alpha value is -3.61. The number of amides is 2. The van der Waals surface area contributed by atoms with E-state index in [4.69, 9.17) is 16.3 Å². The predicted molar refractivity (Wildman–Crippen MR) is 124 cm³/mol. The molecule has 0 saturated carbocycles. The number of hydrogen-bond donors (Lipinski definition) is 0. The van der Waals surface area contributed by atoms with Crippen molar-refractivity contribution in [1.82, 2.24) is 0 Å². The minimum absolute atomic E-state index is 0.195. The van der Waals surface area contributed by atoms with Gasteiger partial charge in [0.2, 0.25) is 29.0 Å². The highest BCUT2D eigenvalue weighted by Crippen LogP contribution is 2.58. The number of anilines is 1. The lowest BCUT2D eigenvalue weighted by Crippen LogP contribution is -2.51. The molecule has 0 aromatic heterocycles. The molecule has 3 aliphatic rings. The summed E-state index contributed by atoms with van der Waals surface area (Å²) < 4.78 is 6.25. The Morgan fingerprint density at radius 2 is 1.47 bits per heavy atom. The van der Waals surface area contributed by atoms with Crippen LogP contribution in [0.5, 0.6) is 0 Å². The lowest BCUT2D eigenvalue weighted by molar-refractivity contribution is -0.127. The normalized spacial score (nSPS) is 24.8. The summed E-state index contributed by atoms with van der Waals surface area (Å²) in [6.45, 7) is 1.85. The Bertz CT molecular complexity index is 1390. The molecule has 168 valence electrons. The number of ketones is 2. The van der Waals surface area contributed by atoms with Crippen molar-refractivity contribution in [3.63, 3.8) is 0 Å². The third kappa shape index (κ3) is 2.55. The first kappa shape index (κ1) is 21.0. The maximum Gasteiger partial charge on any atom is 0.241 e. The van der Waals surface area contributed by atoms with Gasteiger partial charge in [0.1, 0.15) is 0 Å². The van der Waals surface area contributed by atoms with E-state index in [2.05, 4.69) is 0 Å². The average Bonchev–Trinajstić information content (AvgIpc) is 3.39. The third-order valence-corrected chi connectivity index (χ3v) is 7.33. The van der Waals surface area contributed by atoms with Gasteiger partial charge in [-0.05, 0) is 30.7 Å². The average molecular weight is 472 g/mol. The van der Waals surface area contributed by atoms with E-state index >= 15 is 0 Å². The molecule has 2 aliphatic heterocycles. The van der Waals surface area contributed by atoms with E-state index in [0.717, 1.165) is 10.5 Å². The van der Waals surface area contributed by atoms with Crippen LogP contribution in [0.15, 0.2) is 72.8 Å². The fraction of sp³-hybridized carbons (Fsp3) is 0.185. The van der Waals surface area contributed by atoms with Gasteiger partial charge in [-0.1, -0.05) is 66.2 Å². The number of nitrogens with zero attached hydrogens (tertiary/aromatic N) is 1. The summed E-state index contributed by atoms with van der Waals surface area (Å²) in [5, 5.41) is 0.327. The molecule has 7 heteroatoms. The molecule has 3 aromatic rings. The molecule has 2 fully saturated rings. The van der Waals surface area contributed by atoms with E-state index in [1.165, 1.54) is 0 Å². The van der Waals surface area contributed by atoms with E-state index in [1.54, 1.807) is 66.7 Å². The summed E-state index contributed by atoms with van der Waals surface area (Å²) in [5.41, 5.74) is 0.00120. The molecule has 0 N–H and O–H groups in total. The Morgan fingerprint density at radius 1 is 0.824 bits per heavy atom. The van der Waals surface area contributed by atoms with Crippen molar-refractivity contribution in [2.24, 2.45) is 11.8 Å². The van der Waals surface area contributed by atoms with Gasteiger partial charge >= 0.3 is 0 Å². The highest BCUT2D eigenvalue weighted by molar-refractivity contribution is 6.37. The number of rotatable bonds is 2. The highest BCUT2D eigenvalue weighted by atomic mass is 35.5. The van der Waals surface area contributed by atoms with E-state index in [9.17, 15) is 19.2 Å². The van der Waals surface area contributed by atoms with Crippen molar-refractivity contribution >= 4 is 40.7 Å². The van der Waals surface area contributed by atoms with Crippen LogP contribution in [0, 0.1) is 18.8 Å². The summed E-state index contributed by atoms with van der Waals surface area (Å²) in [6, 6.07) is 20.2. The second kappa shape index (κ2) is 7.19. The number of imide groups is 1. The van der Waals surface area contributed by atoms with Crippen molar-refractivity contribution in [1.29, 1.82) is 0 Å². The molecule has 1 aliphatic carbocycles. The largest absolute Gasteiger partial charge is 0.349 e. The SMILES string of the molecule is Cc1cccc(N2C(=O)C3C(c4ccccc4Cl)OC4(C(=O)c5ccccc5C4=O)C3C2=O)c1. The Morgan fingerprint density at radius 3 is 2.12 bits per heavy atom. The molecule has 0 bridgehead atoms. The lowest BCUT2D eigenvalue weighted by atomic mass is 9.77. The van der Waals surface area contributed by atoms with Gasteiger partial charge in [-0.15, -0.1) is 0 Å². The lowest BCUT2D eigenvalue weighted by Gasteiger charge is -2.27. The van der Waals surface area contributed by atoms with Gasteiger partial charge in [-0.2, -0.15) is 0 Å². The zero-order valence-corrected chi connectivity index (χ0v) is 18.8. The Balaban J connectivity index is 1.57. The van der Waals surface area contributed by atoms with Gasteiger partial charge in [-0.25, -0.2) is 4.90 Å². The van der Waals surface area contributed by atoms with Crippen LogP contribution >= 0.6 is 11.6 Å². The van der Waals surface area contributed by atoms with E-state index < -0.39 is 46.9 Å². The number of aryl methyl sites for hydroxylation is 1. The topological polar surface area (TPSA) is 80.8 Å². The number of fused-ring (bicyclic) bond motifs is 3. The molecular weight excluding hydrogens is 454 g/mol. The van der Waals surface area contributed by atoms with Crippen molar-refractivity contribution in [3.8, 4) is 0 Å².